The fourth-order valence-electron chi connectivity index (χ4n) is 2.33. The van der Waals surface area contributed by atoms with Gasteiger partial charge in [0.1, 0.15) is 5.76 Å². The van der Waals surface area contributed by atoms with Gasteiger partial charge in [-0.15, -0.1) is 0 Å². The average molecular weight is 318 g/mol. The zero-order valence-corrected chi connectivity index (χ0v) is 13.4. The van der Waals surface area contributed by atoms with Crippen molar-refractivity contribution in [3.05, 3.63) is 17.9 Å². The third-order valence-electron chi connectivity index (χ3n) is 3.57. The van der Waals surface area contributed by atoms with Crippen LogP contribution in [0.15, 0.2) is 21.6 Å². The molecule has 0 saturated carbocycles. The minimum atomic E-state index is -3.65. The third kappa shape index (κ3) is 3.46. The first-order valence-electron chi connectivity index (χ1n) is 6.88. The Bertz CT molecular complexity index is 545. The van der Waals surface area contributed by atoms with Gasteiger partial charge in [0.15, 0.2) is 0 Å². The maximum Gasteiger partial charge on any atom is 0.276 e. The Kier molecular flexibility index (Phi) is 5.39. The van der Waals surface area contributed by atoms with Crippen LogP contribution in [0.4, 0.5) is 0 Å². The van der Waals surface area contributed by atoms with E-state index in [9.17, 15) is 8.42 Å². The van der Waals surface area contributed by atoms with Crippen LogP contribution in [0.5, 0.6) is 0 Å². The molecule has 0 radical (unpaired) electrons. The Balaban J connectivity index is 2.13. The van der Waals surface area contributed by atoms with E-state index in [0.717, 1.165) is 6.54 Å². The van der Waals surface area contributed by atoms with Gasteiger partial charge in [-0.25, -0.2) is 8.42 Å². The summed E-state index contributed by atoms with van der Waals surface area (Å²) >= 11 is 0. The van der Waals surface area contributed by atoms with Crippen LogP contribution in [0, 0.1) is 0 Å². The molecule has 1 fully saturated rings. The highest BCUT2D eigenvalue weighted by Gasteiger charge is 2.41. The van der Waals surface area contributed by atoms with Gasteiger partial charge in [0, 0.05) is 27.3 Å². The largest absolute Gasteiger partial charge is 0.447 e. The van der Waals surface area contributed by atoms with Crippen molar-refractivity contribution in [2.75, 3.05) is 33.9 Å². The molecule has 2 unspecified atom stereocenters. The van der Waals surface area contributed by atoms with Gasteiger partial charge in [-0.05, 0) is 18.7 Å². The summed E-state index contributed by atoms with van der Waals surface area (Å²) < 4.78 is 42.4. The summed E-state index contributed by atoms with van der Waals surface area (Å²) in [6.45, 7) is 3.80. The zero-order chi connectivity index (χ0) is 15.5. The standard InChI is InChI=1S/C13H22N2O5S/c1-4-14-7-10-5-6-13(20-10)21(16,17)15-8-11(18-2)12(9-15)19-3/h5-6,11-12,14H,4,7-9H2,1-3H3. The molecule has 1 aliphatic heterocycles. The molecule has 1 aliphatic rings. The highest BCUT2D eigenvalue weighted by molar-refractivity contribution is 7.89. The molecule has 2 atom stereocenters. The molecule has 0 aromatic carbocycles. The molecule has 21 heavy (non-hydrogen) atoms. The zero-order valence-electron chi connectivity index (χ0n) is 12.5. The van der Waals surface area contributed by atoms with Gasteiger partial charge < -0.3 is 19.2 Å². The summed E-state index contributed by atoms with van der Waals surface area (Å²) in [6, 6.07) is 3.16. The second-order valence-corrected chi connectivity index (χ2v) is 6.74. The lowest BCUT2D eigenvalue weighted by Gasteiger charge is -2.13. The van der Waals surface area contributed by atoms with Gasteiger partial charge in [-0.1, -0.05) is 6.92 Å². The van der Waals surface area contributed by atoms with Crippen LogP contribution < -0.4 is 5.32 Å². The minimum Gasteiger partial charge on any atom is -0.447 e. The van der Waals surface area contributed by atoms with Crippen molar-refractivity contribution in [1.29, 1.82) is 0 Å². The predicted molar refractivity (Wildman–Crippen MR) is 76.4 cm³/mol. The fraction of sp³-hybridized carbons (Fsp3) is 0.692. The highest BCUT2D eigenvalue weighted by Crippen LogP contribution is 2.25. The first-order valence-corrected chi connectivity index (χ1v) is 8.32. The van der Waals surface area contributed by atoms with Crippen LogP contribution >= 0.6 is 0 Å². The summed E-state index contributed by atoms with van der Waals surface area (Å²) in [6.07, 6.45) is -0.526. The molecule has 0 bridgehead atoms. The van der Waals surface area contributed by atoms with Gasteiger partial charge >= 0.3 is 0 Å². The summed E-state index contributed by atoms with van der Waals surface area (Å²) in [5.41, 5.74) is 0. The van der Waals surface area contributed by atoms with Crippen molar-refractivity contribution in [3.8, 4) is 0 Å². The number of nitrogens with zero attached hydrogens (tertiary/aromatic N) is 1. The number of hydrogen-bond donors (Lipinski definition) is 1. The molecule has 1 aromatic rings. The van der Waals surface area contributed by atoms with Crippen molar-refractivity contribution in [1.82, 2.24) is 9.62 Å². The lowest BCUT2D eigenvalue weighted by atomic mass is 10.3. The molecule has 120 valence electrons. The molecule has 1 aromatic heterocycles. The van der Waals surface area contributed by atoms with Crippen molar-refractivity contribution in [2.24, 2.45) is 0 Å². The Morgan fingerprint density at radius 3 is 2.43 bits per heavy atom. The van der Waals surface area contributed by atoms with Crippen LogP contribution in [0.2, 0.25) is 0 Å². The van der Waals surface area contributed by atoms with Crippen molar-refractivity contribution in [3.63, 3.8) is 0 Å². The molecular weight excluding hydrogens is 296 g/mol. The Hall–Kier alpha value is -0.930. The van der Waals surface area contributed by atoms with Crippen LogP contribution in [-0.4, -0.2) is 58.8 Å². The summed E-state index contributed by atoms with van der Waals surface area (Å²) in [4.78, 5) is 0. The number of methoxy groups -OCH3 is 2. The van der Waals surface area contributed by atoms with E-state index in [4.69, 9.17) is 13.9 Å². The number of nitrogens with one attached hydrogen (secondary N) is 1. The number of furan rings is 1. The summed E-state index contributed by atoms with van der Waals surface area (Å²) in [5, 5.41) is 3.05. The van der Waals surface area contributed by atoms with E-state index in [1.165, 1.54) is 10.4 Å². The van der Waals surface area contributed by atoms with Crippen LogP contribution in [0.1, 0.15) is 12.7 Å². The van der Waals surface area contributed by atoms with Gasteiger partial charge in [-0.2, -0.15) is 4.31 Å². The molecular formula is C13H22N2O5S. The van der Waals surface area contributed by atoms with Crippen LogP contribution in [-0.2, 0) is 26.0 Å². The monoisotopic (exact) mass is 318 g/mol. The van der Waals surface area contributed by atoms with Gasteiger partial charge in [0.2, 0.25) is 5.09 Å². The third-order valence-corrected chi connectivity index (χ3v) is 5.27. The van der Waals surface area contributed by atoms with Gasteiger partial charge in [-0.3, -0.25) is 0 Å². The van der Waals surface area contributed by atoms with E-state index < -0.39 is 10.0 Å². The summed E-state index contributed by atoms with van der Waals surface area (Å²) in [7, 11) is -0.550. The first kappa shape index (κ1) is 16.4. The average Bonchev–Trinajstić information content (AvgIpc) is 3.11. The summed E-state index contributed by atoms with van der Waals surface area (Å²) in [5.74, 6) is 0.598. The van der Waals surface area contributed by atoms with E-state index in [1.807, 2.05) is 6.92 Å². The SMILES string of the molecule is CCNCc1ccc(S(=O)(=O)N2CC(OC)C(OC)C2)o1. The number of hydrogen-bond acceptors (Lipinski definition) is 6. The smallest absolute Gasteiger partial charge is 0.276 e. The van der Waals surface area contributed by atoms with E-state index in [1.54, 1.807) is 20.3 Å². The highest BCUT2D eigenvalue weighted by atomic mass is 32.2. The maximum absolute atomic E-state index is 12.5. The minimum absolute atomic E-state index is 0.0398. The molecule has 1 saturated heterocycles. The van der Waals surface area contributed by atoms with Crippen molar-refractivity contribution < 1.29 is 22.3 Å². The van der Waals surface area contributed by atoms with E-state index >= 15 is 0 Å². The molecule has 7 nitrogen and oxygen atoms in total. The topological polar surface area (TPSA) is 81.0 Å². The van der Waals surface area contributed by atoms with E-state index in [2.05, 4.69) is 5.32 Å². The Morgan fingerprint density at radius 2 is 1.90 bits per heavy atom. The van der Waals surface area contributed by atoms with Crippen LogP contribution in [0.25, 0.3) is 0 Å². The number of ether oxygens (including phenoxy) is 2. The van der Waals surface area contributed by atoms with E-state index in [0.29, 0.717) is 12.3 Å². The first-order chi connectivity index (χ1) is 10.0. The predicted octanol–water partition coefficient (Wildman–Crippen LogP) is 0.423. The quantitative estimate of drug-likeness (QED) is 0.785. The maximum atomic E-state index is 12.5. The molecule has 0 spiro atoms. The number of rotatable bonds is 7. The van der Waals surface area contributed by atoms with Gasteiger partial charge in [0.05, 0.1) is 18.8 Å². The lowest BCUT2D eigenvalue weighted by molar-refractivity contribution is -0.00461. The molecule has 2 rings (SSSR count). The molecule has 0 aliphatic carbocycles. The molecule has 2 heterocycles. The van der Waals surface area contributed by atoms with Crippen LogP contribution in [0.3, 0.4) is 0 Å². The number of sulfonamides is 1. The van der Waals surface area contributed by atoms with Crippen molar-refractivity contribution >= 4 is 10.0 Å². The van der Waals surface area contributed by atoms with E-state index in [-0.39, 0.29) is 30.4 Å². The van der Waals surface area contributed by atoms with Gasteiger partial charge in [0.25, 0.3) is 10.0 Å². The Labute approximate surface area is 125 Å². The molecule has 0 amide bonds. The lowest BCUT2D eigenvalue weighted by Crippen LogP contribution is -2.30. The Morgan fingerprint density at radius 1 is 1.29 bits per heavy atom. The fourth-order valence-corrected chi connectivity index (χ4v) is 3.72. The molecule has 8 heteroatoms. The normalized spacial score (nSPS) is 23.8. The second kappa shape index (κ2) is 6.89. The van der Waals surface area contributed by atoms with Crippen molar-refractivity contribution in [2.45, 2.75) is 30.8 Å². The molecule has 1 N–H and O–H groups in total. The second-order valence-electron chi connectivity index (χ2n) is 4.87.